The van der Waals surface area contributed by atoms with Crippen molar-refractivity contribution in [1.29, 1.82) is 0 Å². The van der Waals surface area contributed by atoms with Gasteiger partial charge in [0.1, 0.15) is 11.4 Å². The van der Waals surface area contributed by atoms with Gasteiger partial charge in [0.25, 0.3) is 5.91 Å². The summed E-state index contributed by atoms with van der Waals surface area (Å²) in [5.41, 5.74) is 0.931. The molecule has 2 aromatic rings. The zero-order valence-corrected chi connectivity index (χ0v) is 13.2. The number of methoxy groups -OCH3 is 1. The maximum Gasteiger partial charge on any atom is 0.260 e. The lowest BCUT2D eigenvalue weighted by atomic mass is 10.0. The molecule has 1 fully saturated rings. The third-order valence-electron chi connectivity index (χ3n) is 4.14. The predicted molar refractivity (Wildman–Crippen MR) is 84.8 cm³/mol. The zero-order valence-electron chi connectivity index (χ0n) is 13.2. The fraction of sp³-hybridized carbons (Fsp3) is 0.333. The second kappa shape index (κ2) is 6.36. The van der Waals surface area contributed by atoms with Crippen LogP contribution in [0.15, 0.2) is 42.6 Å². The van der Waals surface area contributed by atoms with Crippen LogP contribution in [0.5, 0.6) is 5.88 Å². The minimum atomic E-state index is -0.346. The number of amides is 1. The lowest BCUT2D eigenvalue weighted by Gasteiger charge is -2.30. The fourth-order valence-corrected chi connectivity index (χ4v) is 2.83. The average Bonchev–Trinajstić information content (AvgIpc) is 3.40. The molecule has 1 saturated carbocycles. The summed E-state index contributed by atoms with van der Waals surface area (Å²) in [6.45, 7) is 1.86. The first-order valence-electron chi connectivity index (χ1n) is 7.69. The summed E-state index contributed by atoms with van der Waals surface area (Å²) in [7, 11) is 1.49. The topological polar surface area (TPSA) is 42.4 Å². The number of hydrogen-bond acceptors (Lipinski definition) is 3. The molecule has 0 bridgehead atoms. The maximum atomic E-state index is 14.1. The molecule has 1 aliphatic carbocycles. The van der Waals surface area contributed by atoms with E-state index in [9.17, 15) is 9.18 Å². The third kappa shape index (κ3) is 3.04. The molecule has 4 nitrogen and oxygen atoms in total. The van der Waals surface area contributed by atoms with Gasteiger partial charge in [-0.1, -0.05) is 18.2 Å². The Hall–Kier alpha value is -2.43. The van der Waals surface area contributed by atoms with E-state index in [1.54, 1.807) is 41.4 Å². The molecule has 1 unspecified atom stereocenters. The van der Waals surface area contributed by atoms with E-state index in [4.69, 9.17) is 4.74 Å². The average molecular weight is 314 g/mol. The highest BCUT2D eigenvalue weighted by Gasteiger charge is 2.38. The molecular formula is C18H19FN2O2. The minimum absolute atomic E-state index is 0.141. The van der Waals surface area contributed by atoms with Crippen LogP contribution in [0.1, 0.15) is 41.7 Å². The van der Waals surface area contributed by atoms with Gasteiger partial charge in [-0.2, -0.15) is 0 Å². The van der Waals surface area contributed by atoms with Crippen LogP contribution in [-0.2, 0) is 0 Å². The smallest absolute Gasteiger partial charge is 0.260 e. The van der Waals surface area contributed by atoms with E-state index in [1.807, 2.05) is 6.92 Å². The Kier molecular flexibility index (Phi) is 4.28. The number of rotatable bonds is 5. The summed E-state index contributed by atoms with van der Waals surface area (Å²) < 4.78 is 19.3. The number of aromatic nitrogens is 1. The van der Waals surface area contributed by atoms with Gasteiger partial charge in [0.15, 0.2) is 0 Å². The maximum absolute atomic E-state index is 14.1. The van der Waals surface area contributed by atoms with E-state index < -0.39 is 0 Å². The quantitative estimate of drug-likeness (QED) is 0.847. The van der Waals surface area contributed by atoms with Crippen LogP contribution in [0.4, 0.5) is 4.39 Å². The summed E-state index contributed by atoms with van der Waals surface area (Å²) in [5, 5.41) is 0. The molecular weight excluding hydrogens is 295 g/mol. The second-order valence-electron chi connectivity index (χ2n) is 5.70. The number of benzene rings is 1. The standard InChI is InChI=1S/C18H19FN2O2/c1-12(14-6-3-4-8-16(14)19)21(13-9-10-13)18(22)15-7-5-11-20-17(15)23-2/h3-8,11-13H,9-10H2,1-2H3. The number of hydrogen-bond donors (Lipinski definition) is 0. The number of nitrogens with zero attached hydrogens (tertiary/aromatic N) is 2. The lowest BCUT2D eigenvalue weighted by molar-refractivity contribution is 0.0667. The zero-order chi connectivity index (χ0) is 16.4. The molecule has 120 valence electrons. The SMILES string of the molecule is COc1ncccc1C(=O)N(C1CC1)C(C)c1ccccc1F. The predicted octanol–water partition coefficient (Wildman–Crippen LogP) is 3.60. The summed E-state index contributed by atoms with van der Waals surface area (Å²) in [4.78, 5) is 18.8. The molecule has 0 saturated heterocycles. The van der Waals surface area contributed by atoms with Gasteiger partial charge < -0.3 is 9.64 Å². The normalized spacial score (nSPS) is 15.1. The number of carbonyl (C=O) groups is 1. The van der Waals surface area contributed by atoms with Crippen molar-refractivity contribution < 1.29 is 13.9 Å². The molecule has 3 rings (SSSR count). The highest BCUT2D eigenvalue weighted by molar-refractivity contribution is 5.97. The Labute approximate surface area is 134 Å². The van der Waals surface area contributed by atoms with Crippen LogP contribution < -0.4 is 4.74 Å². The van der Waals surface area contributed by atoms with Crippen molar-refractivity contribution in [1.82, 2.24) is 9.88 Å². The van der Waals surface area contributed by atoms with Crippen LogP contribution >= 0.6 is 0 Å². The second-order valence-corrected chi connectivity index (χ2v) is 5.70. The first-order valence-corrected chi connectivity index (χ1v) is 7.69. The van der Waals surface area contributed by atoms with Gasteiger partial charge >= 0.3 is 0 Å². The first kappa shape index (κ1) is 15.5. The molecule has 1 heterocycles. The largest absolute Gasteiger partial charge is 0.480 e. The molecule has 0 aliphatic heterocycles. The van der Waals surface area contributed by atoms with E-state index in [1.165, 1.54) is 13.2 Å². The van der Waals surface area contributed by atoms with Gasteiger partial charge in [-0.25, -0.2) is 9.37 Å². The van der Waals surface area contributed by atoms with E-state index in [0.29, 0.717) is 17.0 Å². The van der Waals surface area contributed by atoms with Crippen molar-refractivity contribution >= 4 is 5.91 Å². The summed E-state index contributed by atoms with van der Waals surface area (Å²) >= 11 is 0. The number of halogens is 1. The molecule has 1 aromatic carbocycles. The van der Waals surface area contributed by atoms with Crippen molar-refractivity contribution in [3.8, 4) is 5.88 Å². The lowest BCUT2D eigenvalue weighted by Crippen LogP contribution is -2.36. The Morgan fingerprint density at radius 2 is 2.04 bits per heavy atom. The Balaban J connectivity index is 1.96. The molecule has 1 atom stereocenters. The van der Waals surface area contributed by atoms with E-state index in [2.05, 4.69) is 4.98 Å². The number of ether oxygens (including phenoxy) is 1. The minimum Gasteiger partial charge on any atom is -0.480 e. The van der Waals surface area contributed by atoms with Crippen molar-refractivity contribution in [2.24, 2.45) is 0 Å². The van der Waals surface area contributed by atoms with Gasteiger partial charge in [0.05, 0.1) is 13.2 Å². The molecule has 5 heteroatoms. The van der Waals surface area contributed by atoms with Gasteiger partial charge in [0, 0.05) is 17.8 Å². The van der Waals surface area contributed by atoms with Crippen molar-refractivity contribution in [3.05, 3.63) is 59.5 Å². The van der Waals surface area contributed by atoms with Crippen molar-refractivity contribution in [2.45, 2.75) is 31.8 Å². The molecule has 1 aromatic heterocycles. The first-order chi connectivity index (χ1) is 11.1. The van der Waals surface area contributed by atoms with Crippen LogP contribution in [-0.4, -0.2) is 28.9 Å². The summed E-state index contributed by atoms with van der Waals surface area (Å²) in [5.74, 6) is -0.173. The number of carbonyl (C=O) groups excluding carboxylic acids is 1. The highest BCUT2D eigenvalue weighted by atomic mass is 19.1. The summed E-state index contributed by atoms with van der Waals surface area (Å²) in [6, 6.07) is 9.78. The Morgan fingerprint density at radius 3 is 2.70 bits per heavy atom. The van der Waals surface area contributed by atoms with Crippen LogP contribution in [0, 0.1) is 5.82 Å². The van der Waals surface area contributed by atoms with Gasteiger partial charge in [-0.15, -0.1) is 0 Å². The molecule has 1 aliphatic rings. The van der Waals surface area contributed by atoms with E-state index >= 15 is 0 Å². The molecule has 1 amide bonds. The monoisotopic (exact) mass is 314 g/mol. The number of pyridine rings is 1. The van der Waals surface area contributed by atoms with E-state index in [0.717, 1.165) is 12.8 Å². The fourth-order valence-electron chi connectivity index (χ4n) is 2.83. The van der Waals surface area contributed by atoms with Crippen LogP contribution in [0.3, 0.4) is 0 Å². The van der Waals surface area contributed by atoms with Crippen LogP contribution in [0.25, 0.3) is 0 Å². The Morgan fingerprint density at radius 1 is 1.30 bits per heavy atom. The van der Waals surface area contributed by atoms with Gasteiger partial charge in [-0.05, 0) is 38.0 Å². The van der Waals surface area contributed by atoms with Gasteiger partial charge in [0.2, 0.25) is 5.88 Å². The molecule has 23 heavy (non-hydrogen) atoms. The molecule has 0 radical (unpaired) electrons. The molecule has 0 N–H and O–H groups in total. The third-order valence-corrected chi connectivity index (χ3v) is 4.14. The Bertz CT molecular complexity index is 716. The van der Waals surface area contributed by atoms with Crippen LogP contribution in [0.2, 0.25) is 0 Å². The van der Waals surface area contributed by atoms with Crippen molar-refractivity contribution in [3.63, 3.8) is 0 Å². The van der Waals surface area contributed by atoms with E-state index in [-0.39, 0.29) is 23.8 Å². The highest BCUT2D eigenvalue weighted by Crippen LogP contribution is 2.37. The van der Waals surface area contributed by atoms with Gasteiger partial charge in [-0.3, -0.25) is 4.79 Å². The molecule has 0 spiro atoms. The summed E-state index contributed by atoms with van der Waals surface area (Å²) in [6.07, 6.45) is 3.46. The van der Waals surface area contributed by atoms with Crippen molar-refractivity contribution in [2.75, 3.05) is 7.11 Å².